The molecule has 1 aliphatic heterocycles. The molecule has 0 N–H and O–H groups in total. The van der Waals surface area contributed by atoms with Crippen molar-refractivity contribution in [1.29, 1.82) is 0 Å². The second-order valence-corrected chi connectivity index (χ2v) is 7.04. The molecular formula is C17H18BrF3N2O. The maximum absolute atomic E-state index is 13.0. The minimum absolute atomic E-state index is 0.0942. The van der Waals surface area contributed by atoms with E-state index in [1.807, 2.05) is 29.7 Å². The van der Waals surface area contributed by atoms with E-state index in [0.717, 1.165) is 15.4 Å². The number of nitrogens with zero attached hydrogens (tertiary/aromatic N) is 2. The van der Waals surface area contributed by atoms with Gasteiger partial charge in [-0.05, 0) is 31.9 Å². The van der Waals surface area contributed by atoms with Gasteiger partial charge in [0.05, 0.1) is 11.5 Å². The molecule has 0 bridgehead atoms. The first-order valence-electron chi connectivity index (χ1n) is 7.95. The fourth-order valence-electron chi connectivity index (χ4n) is 3.30. The predicted molar refractivity (Wildman–Crippen MR) is 90.0 cm³/mol. The standard InChI is InChI=1S/C17H18BrF3N2O/c1-2-22-10-14(13-6-5-12(18)8-15(13)22)16(24)23-7-3-4-11(9-23)17(19,20)21/h5-6,8,10-11H,2-4,7,9H2,1H3. The molecular weight excluding hydrogens is 385 g/mol. The van der Waals surface area contributed by atoms with E-state index in [-0.39, 0.29) is 18.9 Å². The molecule has 1 aromatic heterocycles. The number of hydrogen-bond donors (Lipinski definition) is 0. The summed E-state index contributed by atoms with van der Waals surface area (Å²) in [6.45, 7) is 2.78. The molecule has 130 valence electrons. The largest absolute Gasteiger partial charge is 0.393 e. The quantitative estimate of drug-likeness (QED) is 0.705. The third kappa shape index (κ3) is 3.18. The van der Waals surface area contributed by atoms with E-state index in [0.29, 0.717) is 25.1 Å². The minimum atomic E-state index is -4.25. The molecule has 2 aromatic rings. The summed E-state index contributed by atoms with van der Waals surface area (Å²) >= 11 is 3.41. The smallest absolute Gasteiger partial charge is 0.347 e. The maximum atomic E-state index is 13.0. The molecule has 3 rings (SSSR count). The normalized spacial score (nSPS) is 19.0. The van der Waals surface area contributed by atoms with Crippen molar-refractivity contribution in [3.8, 4) is 0 Å². The summed E-state index contributed by atoms with van der Waals surface area (Å²) < 4.78 is 41.8. The summed E-state index contributed by atoms with van der Waals surface area (Å²) in [4.78, 5) is 14.2. The summed E-state index contributed by atoms with van der Waals surface area (Å²) in [6.07, 6.45) is -2.03. The molecule has 1 aromatic carbocycles. The third-order valence-electron chi connectivity index (χ3n) is 4.59. The van der Waals surface area contributed by atoms with Crippen LogP contribution in [-0.2, 0) is 6.54 Å². The maximum Gasteiger partial charge on any atom is 0.393 e. The summed E-state index contributed by atoms with van der Waals surface area (Å²) in [5.74, 6) is -1.74. The van der Waals surface area contributed by atoms with E-state index >= 15 is 0 Å². The number of rotatable bonds is 2. The van der Waals surface area contributed by atoms with Crippen molar-refractivity contribution in [2.24, 2.45) is 5.92 Å². The molecule has 0 aliphatic carbocycles. The number of aryl methyl sites for hydroxylation is 1. The first-order valence-corrected chi connectivity index (χ1v) is 8.75. The molecule has 24 heavy (non-hydrogen) atoms. The Morgan fingerprint density at radius 3 is 2.79 bits per heavy atom. The Morgan fingerprint density at radius 1 is 1.38 bits per heavy atom. The number of alkyl halides is 3. The Balaban J connectivity index is 1.94. The fourth-order valence-corrected chi connectivity index (χ4v) is 3.65. The van der Waals surface area contributed by atoms with Crippen LogP contribution in [0.4, 0.5) is 13.2 Å². The van der Waals surface area contributed by atoms with Crippen molar-refractivity contribution in [3.63, 3.8) is 0 Å². The van der Waals surface area contributed by atoms with E-state index in [1.165, 1.54) is 4.90 Å². The lowest BCUT2D eigenvalue weighted by Crippen LogP contribution is -2.44. The van der Waals surface area contributed by atoms with E-state index < -0.39 is 12.1 Å². The number of carbonyl (C=O) groups is 1. The topological polar surface area (TPSA) is 25.2 Å². The fraction of sp³-hybridized carbons (Fsp3) is 0.471. The number of piperidine rings is 1. The van der Waals surface area contributed by atoms with Gasteiger partial charge < -0.3 is 9.47 Å². The Morgan fingerprint density at radius 2 is 2.12 bits per heavy atom. The zero-order valence-corrected chi connectivity index (χ0v) is 14.8. The van der Waals surface area contributed by atoms with E-state index in [2.05, 4.69) is 15.9 Å². The van der Waals surface area contributed by atoms with Crippen LogP contribution in [-0.4, -0.2) is 34.6 Å². The van der Waals surface area contributed by atoms with Gasteiger partial charge in [-0.2, -0.15) is 13.2 Å². The van der Waals surface area contributed by atoms with Crippen LogP contribution in [0.15, 0.2) is 28.9 Å². The highest BCUT2D eigenvalue weighted by Crippen LogP contribution is 2.34. The molecule has 2 heterocycles. The van der Waals surface area contributed by atoms with Gasteiger partial charge in [-0.1, -0.05) is 22.0 Å². The van der Waals surface area contributed by atoms with Gasteiger partial charge in [0, 0.05) is 41.2 Å². The molecule has 1 fully saturated rings. The molecule has 0 saturated carbocycles. The average molecular weight is 403 g/mol. The molecule has 1 unspecified atom stereocenters. The summed E-state index contributed by atoms with van der Waals surface area (Å²) in [5, 5.41) is 0.777. The lowest BCUT2D eigenvalue weighted by atomic mass is 9.97. The van der Waals surface area contributed by atoms with Gasteiger partial charge in [0.1, 0.15) is 0 Å². The zero-order chi connectivity index (χ0) is 17.5. The monoisotopic (exact) mass is 402 g/mol. The van der Waals surface area contributed by atoms with Gasteiger partial charge in [0.15, 0.2) is 0 Å². The molecule has 0 radical (unpaired) electrons. The zero-order valence-electron chi connectivity index (χ0n) is 13.2. The van der Waals surface area contributed by atoms with Gasteiger partial charge in [-0.3, -0.25) is 4.79 Å². The van der Waals surface area contributed by atoms with E-state index in [9.17, 15) is 18.0 Å². The van der Waals surface area contributed by atoms with Crippen LogP contribution in [0, 0.1) is 5.92 Å². The van der Waals surface area contributed by atoms with Crippen LogP contribution < -0.4 is 0 Å². The number of aromatic nitrogens is 1. The Kier molecular flexibility index (Phi) is 4.64. The highest BCUT2D eigenvalue weighted by molar-refractivity contribution is 9.10. The molecule has 1 amide bonds. The lowest BCUT2D eigenvalue weighted by molar-refractivity contribution is -0.184. The van der Waals surface area contributed by atoms with E-state index in [1.54, 1.807) is 6.20 Å². The van der Waals surface area contributed by atoms with Gasteiger partial charge in [-0.15, -0.1) is 0 Å². The number of benzene rings is 1. The number of likely N-dealkylation sites (tertiary alicyclic amines) is 1. The third-order valence-corrected chi connectivity index (χ3v) is 5.08. The number of halogens is 4. The van der Waals surface area contributed by atoms with Crippen molar-refractivity contribution in [2.75, 3.05) is 13.1 Å². The van der Waals surface area contributed by atoms with E-state index in [4.69, 9.17) is 0 Å². The van der Waals surface area contributed by atoms with Gasteiger partial charge in [0.25, 0.3) is 5.91 Å². The van der Waals surface area contributed by atoms with Crippen molar-refractivity contribution in [2.45, 2.75) is 32.5 Å². The second kappa shape index (κ2) is 6.43. The summed E-state index contributed by atoms with van der Waals surface area (Å²) in [6, 6.07) is 5.60. The molecule has 0 spiro atoms. The van der Waals surface area contributed by atoms with Crippen LogP contribution >= 0.6 is 15.9 Å². The number of amides is 1. The number of carbonyl (C=O) groups excluding carboxylic acids is 1. The average Bonchev–Trinajstić information content (AvgIpc) is 2.91. The second-order valence-electron chi connectivity index (χ2n) is 6.12. The van der Waals surface area contributed by atoms with Crippen LogP contribution in [0.5, 0.6) is 0 Å². The first kappa shape index (κ1) is 17.3. The van der Waals surface area contributed by atoms with Crippen molar-refractivity contribution < 1.29 is 18.0 Å². The lowest BCUT2D eigenvalue weighted by Gasteiger charge is -2.33. The van der Waals surface area contributed by atoms with Crippen LogP contribution in [0.1, 0.15) is 30.1 Å². The highest BCUT2D eigenvalue weighted by atomic mass is 79.9. The van der Waals surface area contributed by atoms with Crippen molar-refractivity contribution in [3.05, 3.63) is 34.4 Å². The van der Waals surface area contributed by atoms with Crippen LogP contribution in [0.2, 0.25) is 0 Å². The van der Waals surface area contributed by atoms with Crippen molar-refractivity contribution in [1.82, 2.24) is 9.47 Å². The van der Waals surface area contributed by atoms with Gasteiger partial charge >= 0.3 is 6.18 Å². The minimum Gasteiger partial charge on any atom is -0.347 e. The Hall–Kier alpha value is -1.50. The Labute approximate surface area is 146 Å². The molecule has 1 saturated heterocycles. The summed E-state index contributed by atoms with van der Waals surface area (Å²) in [5.41, 5.74) is 1.38. The first-order chi connectivity index (χ1) is 11.3. The highest BCUT2D eigenvalue weighted by Gasteiger charge is 2.43. The predicted octanol–water partition coefficient (Wildman–Crippen LogP) is 4.84. The van der Waals surface area contributed by atoms with Gasteiger partial charge in [0.2, 0.25) is 0 Å². The van der Waals surface area contributed by atoms with Crippen LogP contribution in [0.25, 0.3) is 10.9 Å². The van der Waals surface area contributed by atoms with Crippen molar-refractivity contribution >= 4 is 32.7 Å². The SMILES string of the molecule is CCn1cc(C(=O)N2CCCC(C(F)(F)F)C2)c2ccc(Br)cc21. The summed E-state index contributed by atoms with van der Waals surface area (Å²) in [7, 11) is 0. The molecule has 1 atom stereocenters. The molecule has 7 heteroatoms. The van der Waals surface area contributed by atoms with Crippen LogP contribution in [0.3, 0.4) is 0 Å². The molecule has 3 nitrogen and oxygen atoms in total. The Bertz CT molecular complexity index is 769. The molecule has 1 aliphatic rings. The number of hydrogen-bond acceptors (Lipinski definition) is 1. The number of fused-ring (bicyclic) bond motifs is 1. The van der Waals surface area contributed by atoms with Gasteiger partial charge in [-0.25, -0.2) is 0 Å².